The number of nitrogens with one attached hydrogen (secondary N) is 1. The zero-order chi connectivity index (χ0) is 10.9. The number of rotatable bonds is 5. The van der Waals surface area contributed by atoms with E-state index in [1.54, 1.807) is 18.6 Å². The molecule has 0 radical (unpaired) electrons. The van der Waals surface area contributed by atoms with Gasteiger partial charge in [0.05, 0.1) is 6.21 Å². The maximum Gasteiger partial charge on any atom is 0.240 e. The summed E-state index contributed by atoms with van der Waals surface area (Å²) in [6, 6.07) is 3.64. The topological polar surface area (TPSA) is 54.4 Å². The molecule has 1 aromatic rings. The molecule has 0 aliphatic rings. The number of hydrazone groups is 1. The minimum Gasteiger partial charge on any atom is -0.273 e. The molecule has 0 spiro atoms. The van der Waals surface area contributed by atoms with Crippen molar-refractivity contribution in [1.82, 2.24) is 10.4 Å². The van der Waals surface area contributed by atoms with Crippen molar-refractivity contribution in [2.75, 3.05) is 0 Å². The van der Waals surface area contributed by atoms with Crippen LogP contribution in [0.3, 0.4) is 0 Å². The third kappa shape index (κ3) is 4.90. The molecule has 4 nitrogen and oxygen atoms in total. The maximum atomic E-state index is 11.2. The lowest BCUT2D eigenvalue weighted by molar-refractivity contribution is -0.121. The van der Waals surface area contributed by atoms with Crippen LogP contribution in [-0.4, -0.2) is 17.1 Å². The van der Waals surface area contributed by atoms with Crippen LogP contribution in [0.1, 0.15) is 31.7 Å². The first kappa shape index (κ1) is 11.4. The van der Waals surface area contributed by atoms with Gasteiger partial charge in [-0.15, -0.1) is 0 Å². The van der Waals surface area contributed by atoms with Gasteiger partial charge in [0, 0.05) is 18.8 Å². The van der Waals surface area contributed by atoms with E-state index in [-0.39, 0.29) is 5.91 Å². The Morgan fingerprint density at radius 2 is 2.27 bits per heavy atom. The van der Waals surface area contributed by atoms with Crippen molar-refractivity contribution in [2.24, 2.45) is 5.10 Å². The van der Waals surface area contributed by atoms with Gasteiger partial charge < -0.3 is 0 Å². The Morgan fingerprint density at radius 3 is 2.93 bits per heavy atom. The van der Waals surface area contributed by atoms with Gasteiger partial charge in [0.1, 0.15) is 0 Å². The van der Waals surface area contributed by atoms with E-state index in [1.165, 1.54) is 0 Å². The molecular formula is C11H15N3O. The number of hydrogen-bond donors (Lipinski definition) is 1. The molecule has 0 fully saturated rings. The number of hydrogen-bond acceptors (Lipinski definition) is 3. The second kappa shape index (κ2) is 6.70. The summed E-state index contributed by atoms with van der Waals surface area (Å²) in [4.78, 5) is 15.0. The molecule has 0 aliphatic heterocycles. The van der Waals surface area contributed by atoms with Crippen molar-refractivity contribution in [3.63, 3.8) is 0 Å². The first-order chi connectivity index (χ1) is 7.33. The fourth-order valence-electron chi connectivity index (χ4n) is 1.02. The van der Waals surface area contributed by atoms with Crippen LogP contribution in [0.2, 0.25) is 0 Å². The standard InChI is InChI=1S/C11H15N3O/c1-2-3-4-11(15)14-13-9-10-5-7-12-8-6-10/h5-9H,2-4H2,1H3,(H,14,15)/b13-9+. The summed E-state index contributed by atoms with van der Waals surface area (Å²) >= 11 is 0. The van der Waals surface area contributed by atoms with E-state index in [9.17, 15) is 4.79 Å². The van der Waals surface area contributed by atoms with Crippen LogP contribution >= 0.6 is 0 Å². The Bertz CT molecular complexity index is 322. The lowest BCUT2D eigenvalue weighted by atomic mass is 10.2. The second-order valence-corrected chi connectivity index (χ2v) is 3.18. The summed E-state index contributed by atoms with van der Waals surface area (Å²) in [5.74, 6) is -0.0397. The summed E-state index contributed by atoms with van der Waals surface area (Å²) in [5.41, 5.74) is 3.39. The largest absolute Gasteiger partial charge is 0.273 e. The van der Waals surface area contributed by atoms with Crippen molar-refractivity contribution in [3.8, 4) is 0 Å². The summed E-state index contributed by atoms with van der Waals surface area (Å²) in [7, 11) is 0. The van der Waals surface area contributed by atoms with Gasteiger partial charge in [0.15, 0.2) is 0 Å². The molecule has 0 unspecified atom stereocenters. The molecule has 0 bridgehead atoms. The van der Waals surface area contributed by atoms with Gasteiger partial charge >= 0.3 is 0 Å². The molecule has 1 aromatic heterocycles. The number of carbonyl (C=O) groups is 1. The van der Waals surface area contributed by atoms with E-state index in [1.807, 2.05) is 19.1 Å². The van der Waals surface area contributed by atoms with E-state index in [0.29, 0.717) is 6.42 Å². The third-order valence-electron chi connectivity index (χ3n) is 1.87. The van der Waals surface area contributed by atoms with Gasteiger partial charge in [-0.1, -0.05) is 13.3 Å². The van der Waals surface area contributed by atoms with Crippen molar-refractivity contribution in [2.45, 2.75) is 26.2 Å². The minimum absolute atomic E-state index is 0.0397. The molecule has 0 aliphatic carbocycles. The van der Waals surface area contributed by atoms with Crippen LogP contribution in [0.4, 0.5) is 0 Å². The summed E-state index contributed by atoms with van der Waals surface area (Å²) in [6.45, 7) is 2.05. The zero-order valence-electron chi connectivity index (χ0n) is 8.81. The Labute approximate surface area is 89.4 Å². The molecule has 0 saturated carbocycles. The maximum absolute atomic E-state index is 11.2. The van der Waals surface area contributed by atoms with Crippen LogP contribution < -0.4 is 5.43 Å². The molecule has 0 saturated heterocycles. The molecule has 0 atom stereocenters. The molecule has 1 amide bonds. The number of nitrogens with zero attached hydrogens (tertiary/aromatic N) is 2. The van der Waals surface area contributed by atoms with Gasteiger partial charge in [0.2, 0.25) is 5.91 Å². The predicted molar refractivity (Wildman–Crippen MR) is 59.5 cm³/mol. The SMILES string of the molecule is CCCCC(=O)N/N=C/c1ccncc1. The second-order valence-electron chi connectivity index (χ2n) is 3.18. The van der Waals surface area contributed by atoms with E-state index in [4.69, 9.17) is 0 Å². The van der Waals surface area contributed by atoms with E-state index in [0.717, 1.165) is 18.4 Å². The Balaban J connectivity index is 2.31. The molecule has 80 valence electrons. The molecular weight excluding hydrogens is 190 g/mol. The van der Waals surface area contributed by atoms with Crippen molar-refractivity contribution >= 4 is 12.1 Å². The predicted octanol–water partition coefficient (Wildman–Crippen LogP) is 1.72. The number of aromatic nitrogens is 1. The molecule has 1 rings (SSSR count). The highest BCUT2D eigenvalue weighted by Crippen LogP contribution is 1.93. The number of carbonyl (C=O) groups excluding carboxylic acids is 1. The molecule has 1 heterocycles. The molecule has 0 aromatic carbocycles. The average molecular weight is 205 g/mol. The van der Waals surface area contributed by atoms with E-state index in [2.05, 4.69) is 15.5 Å². The smallest absolute Gasteiger partial charge is 0.240 e. The lowest BCUT2D eigenvalue weighted by Crippen LogP contribution is -2.16. The normalized spacial score (nSPS) is 10.5. The average Bonchev–Trinajstić information content (AvgIpc) is 2.28. The Kier molecular flexibility index (Phi) is 5.08. The highest BCUT2D eigenvalue weighted by Gasteiger charge is 1.96. The first-order valence-corrected chi connectivity index (χ1v) is 5.05. The van der Waals surface area contributed by atoms with Gasteiger partial charge in [-0.3, -0.25) is 9.78 Å². The lowest BCUT2D eigenvalue weighted by Gasteiger charge is -1.97. The Hall–Kier alpha value is -1.71. The highest BCUT2D eigenvalue weighted by molar-refractivity contribution is 5.82. The molecule has 1 N–H and O–H groups in total. The fourth-order valence-corrected chi connectivity index (χ4v) is 1.02. The minimum atomic E-state index is -0.0397. The summed E-state index contributed by atoms with van der Waals surface area (Å²) < 4.78 is 0. The van der Waals surface area contributed by atoms with Crippen molar-refractivity contribution in [3.05, 3.63) is 30.1 Å². The van der Waals surface area contributed by atoms with Gasteiger partial charge in [0.25, 0.3) is 0 Å². The zero-order valence-corrected chi connectivity index (χ0v) is 8.81. The number of amides is 1. The Morgan fingerprint density at radius 1 is 1.53 bits per heavy atom. The van der Waals surface area contributed by atoms with Crippen LogP contribution in [0, 0.1) is 0 Å². The summed E-state index contributed by atoms with van der Waals surface area (Å²) in [6.07, 6.45) is 7.41. The number of pyridine rings is 1. The summed E-state index contributed by atoms with van der Waals surface area (Å²) in [5, 5.41) is 3.84. The van der Waals surface area contributed by atoms with Gasteiger partial charge in [-0.25, -0.2) is 5.43 Å². The number of unbranched alkanes of at least 4 members (excludes halogenated alkanes) is 1. The van der Waals surface area contributed by atoms with E-state index >= 15 is 0 Å². The quantitative estimate of drug-likeness (QED) is 0.587. The van der Waals surface area contributed by atoms with Crippen LogP contribution in [-0.2, 0) is 4.79 Å². The van der Waals surface area contributed by atoms with Crippen molar-refractivity contribution in [1.29, 1.82) is 0 Å². The van der Waals surface area contributed by atoms with Crippen LogP contribution in [0.15, 0.2) is 29.6 Å². The monoisotopic (exact) mass is 205 g/mol. The first-order valence-electron chi connectivity index (χ1n) is 5.05. The van der Waals surface area contributed by atoms with Crippen LogP contribution in [0.5, 0.6) is 0 Å². The van der Waals surface area contributed by atoms with E-state index < -0.39 is 0 Å². The molecule has 15 heavy (non-hydrogen) atoms. The third-order valence-corrected chi connectivity index (χ3v) is 1.87. The highest BCUT2D eigenvalue weighted by atomic mass is 16.2. The van der Waals surface area contributed by atoms with Gasteiger partial charge in [-0.2, -0.15) is 5.10 Å². The van der Waals surface area contributed by atoms with Crippen molar-refractivity contribution < 1.29 is 4.79 Å². The molecule has 4 heteroatoms. The fraction of sp³-hybridized carbons (Fsp3) is 0.364. The van der Waals surface area contributed by atoms with Gasteiger partial charge in [-0.05, 0) is 24.1 Å². The van der Waals surface area contributed by atoms with Crippen LogP contribution in [0.25, 0.3) is 0 Å².